The minimum atomic E-state index is -1.41. The van der Waals surface area contributed by atoms with Crippen LogP contribution >= 0.6 is 0 Å². The van der Waals surface area contributed by atoms with Crippen LogP contribution in [-0.2, 0) is 11.2 Å². The van der Waals surface area contributed by atoms with Crippen molar-refractivity contribution in [2.45, 2.75) is 116 Å². The molecule has 0 unspecified atom stereocenters. The van der Waals surface area contributed by atoms with E-state index in [0.717, 1.165) is 155 Å². The third kappa shape index (κ3) is 7.90. The molecule has 0 fully saturated rings. The van der Waals surface area contributed by atoms with Crippen LogP contribution < -0.4 is 0 Å². The monoisotopic (exact) mass is 758 g/mol. The molecule has 5 aromatic rings. The maximum Gasteiger partial charge on any atom is 0.141 e. The third-order valence-electron chi connectivity index (χ3n) is 11.5. The van der Waals surface area contributed by atoms with E-state index in [4.69, 9.17) is 0 Å². The smallest absolute Gasteiger partial charge is 0.141 e. The zero-order valence-electron chi connectivity index (χ0n) is 34.6. The molecule has 7 rings (SSSR count). The summed E-state index contributed by atoms with van der Waals surface area (Å²) < 4.78 is 0. The van der Waals surface area contributed by atoms with Crippen molar-refractivity contribution >= 4 is 0 Å². The Morgan fingerprint density at radius 2 is 0.603 bits per heavy atom. The fourth-order valence-electron chi connectivity index (χ4n) is 8.23. The van der Waals surface area contributed by atoms with E-state index in [1.54, 1.807) is 0 Å². The SMILES string of the molecule is CCCCC#Cc1ccc2c(c1)-c1cc(C#CCCCC)ccc1C2(O)c1ccc(C2(O)c3ccc(C#CCCCC)cc3-c3cc(C#CCCCC)ccc32)cc1. The topological polar surface area (TPSA) is 40.5 Å². The van der Waals surface area contributed by atoms with Gasteiger partial charge in [0.25, 0.3) is 0 Å². The molecule has 290 valence electrons. The van der Waals surface area contributed by atoms with Crippen LogP contribution in [0, 0.1) is 47.4 Å². The van der Waals surface area contributed by atoms with Gasteiger partial charge in [0.1, 0.15) is 11.2 Å². The van der Waals surface area contributed by atoms with E-state index < -0.39 is 11.2 Å². The Kier molecular flexibility index (Phi) is 12.7. The molecule has 0 atom stereocenters. The molecule has 0 heterocycles. The molecule has 2 aliphatic carbocycles. The van der Waals surface area contributed by atoms with Crippen LogP contribution in [0.2, 0.25) is 0 Å². The average molecular weight is 759 g/mol. The van der Waals surface area contributed by atoms with E-state index in [9.17, 15) is 10.2 Å². The number of unbranched alkanes of at least 4 members (excludes halogenated alkanes) is 8. The zero-order valence-corrected chi connectivity index (χ0v) is 34.6. The van der Waals surface area contributed by atoms with Crippen LogP contribution in [0.4, 0.5) is 0 Å². The van der Waals surface area contributed by atoms with Gasteiger partial charge in [0.15, 0.2) is 0 Å². The minimum absolute atomic E-state index is 0.734. The lowest BCUT2D eigenvalue weighted by atomic mass is 9.80. The molecule has 0 saturated heterocycles. The first-order valence-electron chi connectivity index (χ1n) is 21.5. The van der Waals surface area contributed by atoms with Gasteiger partial charge in [-0.15, -0.1) is 0 Å². The van der Waals surface area contributed by atoms with Crippen molar-refractivity contribution < 1.29 is 10.2 Å². The summed E-state index contributed by atoms with van der Waals surface area (Å²) in [6, 6.07) is 32.6. The predicted octanol–water partition coefficient (Wildman–Crippen LogP) is 12.4. The van der Waals surface area contributed by atoms with Crippen molar-refractivity contribution in [3.8, 4) is 69.6 Å². The van der Waals surface area contributed by atoms with Crippen molar-refractivity contribution in [1.82, 2.24) is 0 Å². The molecule has 0 amide bonds. The van der Waals surface area contributed by atoms with Crippen LogP contribution in [0.25, 0.3) is 22.3 Å². The molecule has 58 heavy (non-hydrogen) atoms. The Labute approximate surface area is 347 Å². The lowest BCUT2D eigenvalue weighted by molar-refractivity contribution is 0.126. The number of hydrogen-bond donors (Lipinski definition) is 2. The number of aliphatic hydroxyl groups is 2. The maximum absolute atomic E-state index is 13.0. The van der Waals surface area contributed by atoms with E-state index >= 15 is 0 Å². The summed E-state index contributed by atoms with van der Waals surface area (Å²) in [7, 11) is 0. The second-order valence-corrected chi connectivity index (χ2v) is 15.7. The van der Waals surface area contributed by atoms with Crippen LogP contribution in [0.1, 0.15) is 160 Å². The molecule has 0 aliphatic heterocycles. The van der Waals surface area contributed by atoms with Gasteiger partial charge in [0.2, 0.25) is 0 Å². The second kappa shape index (κ2) is 18.2. The quantitative estimate of drug-likeness (QED) is 0.110. The van der Waals surface area contributed by atoms with Gasteiger partial charge in [-0.1, -0.05) is 149 Å². The summed E-state index contributed by atoms with van der Waals surface area (Å²) in [5.41, 5.74) is 9.57. The van der Waals surface area contributed by atoms with Crippen molar-refractivity contribution in [3.63, 3.8) is 0 Å². The Balaban J connectivity index is 1.31. The summed E-state index contributed by atoms with van der Waals surface area (Å²) in [5, 5.41) is 26.0. The van der Waals surface area contributed by atoms with Crippen LogP contribution in [-0.4, -0.2) is 10.2 Å². The normalized spacial score (nSPS) is 13.2. The summed E-state index contributed by atoms with van der Waals surface area (Å²) in [5.74, 6) is 26.8. The number of benzene rings is 5. The molecular weight excluding hydrogens is 705 g/mol. The van der Waals surface area contributed by atoms with Crippen LogP contribution in [0.5, 0.6) is 0 Å². The molecule has 2 N–H and O–H groups in total. The van der Waals surface area contributed by atoms with E-state index in [1.165, 1.54) is 0 Å². The van der Waals surface area contributed by atoms with Crippen molar-refractivity contribution in [1.29, 1.82) is 0 Å². The van der Waals surface area contributed by atoms with Crippen molar-refractivity contribution in [2.24, 2.45) is 0 Å². The van der Waals surface area contributed by atoms with Gasteiger partial charge in [0.05, 0.1) is 0 Å². The highest BCUT2D eigenvalue weighted by Crippen LogP contribution is 2.54. The van der Waals surface area contributed by atoms with Gasteiger partial charge < -0.3 is 10.2 Å². The first kappa shape index (κ1) is 40.5. The fraction of sp³-hybridized carbons (Fsp3) is 0.321. The molecule has 2 heteroatoms. The lowest BCUT2D eigenvalue weighted by Gasteiger charge is -2.30. The van der Waals surface area contributed by atoms with Crippen LogP contribution in [0.3, 0.4) is 0 Å². The summed E-state index contributed by atoms with van der Waals surface area (Å²) >= 11 is 0. The number of rotatable bonds is 10. The third-order valence-corrected chi connectivity index (χ3v) is 11.5. The first-order valence-corrected chi connectivity index (χ1v) is 21.5. The summed E-state index contributed by atoms with van der Waals surface area (Å²) in [6.45, 7) is 8.72. The van der Waals surface area contributed by atoms with Gasteiger partial charge in [-0.05, 0) is 108 Å². The van der Waals surface area contributed by atoms with Crippen molar-refractivity contribution in [2.75, 3.05) is 0 Å². The number of fused-ring (bicyclic) bond motifs is 6. The molecular formula is C56H54O2. The van der Waals surface area contributed by atoms with Crippen LogP contribution in [0.15, 0.2) is 97.1 Å². The average Bonchev–Trinajstić information content (AvgIpc) is 3.66. The van der Waals surface area contributed by atoms with Crippen molar-refractivity contribution in [3.05, 3.63) is 153 Å². The summed E-state index contributed by atoms with van der Waals surface area (Å²) in [6.07, 6.45) is 12.2. The maximum atomic E-state index is 13.0. The molecule has 2 nitrogen and oxygen atoms in total. The lowest BCUT2D eigenvalue weighted by Crippen LogP contribution is -2.28. The molecule has 0 spiro atoms. The van der Waals surface area contributed by atoms with Gasteiger partial charge >= 0.3 is 0 Å². The van der Waals surface area contributed by atoms with Gasteiger partial charge in [0, 0.05) is 70.2 Å². The molecule has 5 aromatic carbocycles. The van der Waals surface area contributed by atoms with Gasteiger partial charge in [-0.2, -0.15) is 0 Å². The standard InChI is InChI=1S/C56H54O2/c1-5-9-13-17-21-41-25-33-51-47(37-41)48-38-42(22-18-14-10-6-2)26-34-52(48)55(51,57)45-29-31-46(32-30-45)56(58)53-35-27-43(23-19-15-11-7-3)39-49(53)50-40-44(28-36-54(50)56)24-20-16-12-8-4/h25-40,57-58H,5-16H2,1-4H3. The Morgan fingerprint density at radius 3 is 0.828 bits per heavy atom. The zero-order chi connectivity index (χ0) is 40.5. The molecule has 0 bridgehead atoms. The van der Waals surface area contributed by atoms with Gasteiger partial charge in [-0.25, -0.2) is 0 Å². The molecule has 0 radical (unpaired) electrons. The Hall–Kier alpha value is -5.74. The van der Waals surface area contributed by atoms with E-state index in [2.05, 4.69) is 99.3 Å². The largest absolute Gasteiger partial charge is 0.376 e. The minimum Gasteiger partial charge on any atom is -0.376 e. The molecule has 2 aliphatic rings. The summed E-state index contributed by atoms with van der Waals surface area (Å²) in [4.78, 5) is 0. The highest BCUT2D eigenvalue weighted by Gasteiger charge is 2.46. The second-order valence-electron chi connectivity index (χ2n) is 15.7. The highest BCUT2D eigenvalue weighted by atomic mass is 16.3. The van der Waals surface area contributed by atoms with E-state index in [1.807, 2.05) is 72.8 Å². The Morgan fingerprint density at radius 1 is 0.362 bits per heavy atom. The molecule has 0 aromatic heterocycles. The van der Waals surface area contributed by atoms with Gasteiger partial charge in [-0.3, -0.25) is 0 Å². The Bertz CT molecular complexity index is 2230. The number of hydrogen-bond acceptors (Lipinski definition) is 2. The predicted molar refractivity (Wildman–Crippen MR) is 240 cm³/mol. The first-order chi connectivity index (χ1) is 28.4. The fourth-order valence-corrected chi connectivity index (χ4v) is 8.23. The van der Waals surface area contributed by atoms with E-state index in [-0.39, 0.29) is 0 Å². The highest BCUT2D eigenvalue weighted by molar-refractivity contribution is 5.86. The molecule has 0 saturated carbocycles. The van der Waals surface area contributed by atoms with E-state index in [0.29, 0.717) is 0 Å².